The Morgan fingerprint density at radius 2 is 1.76 bits per heavy atom. The van der Waals surface area contributed by atoms with Crippen molar-refractivity contribution in [2.75, 3.05) is 0 Å². The minimum atomic E-state index is -0.293. The van der Waals surface area contributed by atoms with Gasteiger partial charge in [0, 0.05) is 24.0 Å². The van der Waals surface area contributed by atoms with Gasteiger partial charge in [-0.05, 0) is 42.0 Å². The predicted octanol–water partition coefficient (Wildman–Crippen LogP) is 4.90. The molecule has 0 saturated heterocycles. The van der Waals surface area contributed by atoms with Gasteiger partial charge in [0.2, 0.25) is 0 Å². The van der Waals surface area contributed by atoms with Crippen LogP contribution in [0.1, 0.15) is 42.1 Å². The van der Waals surface area contributed by atoms with Crippen molar-refractivity contribution in [2.45, 2.75) is 40.3 Å². The fourth-order valence-corrected chi connectivity index (χ4v) is 3.29. The Morgan fingerprint density at radius 1 is 1.04 bits per heavy atom. The molecule has 1 atom stereocenters. The maximum absolute atomic E-state index is 12.0. The fourth-order valence-electron chi connectivity index (χ4n) is 3.29. The van der Waals surface area contributed by atoms with Crippen LogP contribution in [0.15, 0.2) is 57.7 Å². The van der Waals surface area contributed by atoms with E-state index in [9.17, 15) is 4.79 Å². The number of aryl methyl sites for hydroxylation is 2. The molecule has 1 heterocycles. The summed E-state index contributed by atoms with van der Waals surface area (Å²) >= 11 is 0. The SMILES string of the molecule is Cc1ccc2c(CN[C@H](c3ccccc3)C(C)C)cc(=O)oc2c1C. The van der Waals surface area contributed by atoms with Crippen LogP contribution in [-0.4, -0.2) is 0 Å². The molecule has 0 unspecified atom stereocenters. The van der Waals surface area contributed by atoms with Crippen LogP contribution >= 0.6 is 0 Å². The lowest BCUT2D eigenvalue weighted by Crippen LogP contribution is -2.25. The molecule has 0 fully saturated rings. The molecule has 25 heavy (non-hydrogen) atoms. The Morgan fingerprint density at radius 3 is 2.44 bits per heavy atom. The first-order chi connectivity index (χ1) is 12.0. The van der Waals surface area contributed by atoms with Crippen LogP contribution in [0.25, 0.3) is 11.0 Å². The number of benzene rings is 2. The lowest BCUT2D eigenvalue weighted by Gasteiger charge is -2.23. The van der Waals surface area contributed by atoms with E-state index < -0.39 is 0 Å². The van der Waals surface area contributed by atoms with Crippen LogP contribution in [-0.2, 0) is 6.54 Å². The van der Waals surface area contributed by atoms with E-state index in [-0.39, 0.29) is 11.7 Å². The van der Waals surface area contributed by atoms with Crippen LogP contribution in [0, 0.1) is 19.8 Å². The van der Waals surface area contributed by atoms with Crippen LogP contribution in [0.5, 0.6) is 0 Å². The number of fused-ring (bicyclic) bond motifs is 1. The highest BCUT2D eigenvalue weighted by atomic mass is 16.4. The predicted molar refractivity (Wildman–Crippen MR) is 103 cm³/mol. The van der Waals surface area contributed by atoms with Gasteiger partial charge in [0.05, 0.1) is 0 Å². The van der Waals surface area contributed by atoms with Crippen molar-refractivity contribution in [3.8, 4) is 0 Å². The van der Waals surface area contributed by atoms with Crippen molar-refractivity contribution < 1.29 is 4.42 Å². The standard InChI is InChI=1S/C22H25NO2/c1-14(2)21(17-8-6-5-7-9-17)23-13-18-12-20(24)25-22-16(4)15(3)10-11-19(18)22/h5-12,14,21,23H,13H2,1-4H3/t21-/m0/s1. The highest BCUT2D eigenvalue weighted by Crippen LogP contribution is 2.25. The minimum Gasteiger partial charge on any atom is -0.422 e. The molecule has 0 saturated carbocycles. The highest BCUT2D eigenvalue weighted by Gasteiger charge is 2.16. The largest absolute Gasteiger partial charge is 0.422 e. The van der Waals surface area contributed by atoms with E-state index in [0.717, 1.165) is 22.1 Å². The first kappa shape index (κ1) is 17.4. The molecular weight excluding hydrogens is 310 g/mol. The normalized spacial score (nSPS) is 12.7. The van der Waals surface area contributed by atoms with Gasteiger partial charge in [0.15, 0.2) is 0 Å². The second kappa shape index (κ2) is 7.24. The highest BCUT2D eigenvalue weighted by molar-refractivity contribution is 5.83. The molecule has 0 bridgehead atoms. The van der Waals surface area contributed by atoms with Crippen molar-refractivity contribution in [3.05, 3.63) is 81.2 Å². The molecule has 0 amide bonds. The zero-order chi connectivity index (χ0) is 18.0. The van der Waals surface area contributed by atoms with Gasteiger partial charge in [-0.2, -0.15) is 0 Å². The number of hydrogen-bond acceptors (Lipinski definition) is 3. The third-order valence-corrected chi connectivity index (χ3v) is 4.86. The van der Waals surface area contributed by atoms with Crippen molar-refractivity contribution in [2.24, 2.45) is 5.92 Å². The van der Waals surface area contributed by atoms with Gasteiger partial charge in [0.25, 0.3) is 0 Å². The van der Waals surface area contributed by atoms with E-state index in [1.165, 1.54) is 5.56 Å². The van der Waals surface area contributed by atoms with Crippen molar-refractivity contribution in [3.63, 3.8) is 0 Å². The smallest absolute Gasteiger partial charge is 0.336 e. The monoisotopic (exact) mass is 335 g/mol. The van der Waals surface area contributed by atoms with Crippen molar-refractivity contribution >= 4 is 11.0 Å². The van der Waals surface area contributed by atoms with E-state index in [1.807, 2.05) is 26.0 Å². The Kier molecular flexibility index (Phi) is 5.05. The zero-order valence-electron chi connectivity index (χ0n) is 15.3. The topological polar surface area (TPSA) is 42.2 Å². The first-order valence-electron chi connectivity index (χ1n) is 8.78. The van der Waals surface area contributed by atoms with E-state index in [4.69, 9.17) is 4.42 Å². The molecule has 3 aromatic rings. The molecule has 3 rings (SSSR count). The molecule has 0 aliphatic rings. The lowest BCUT2D eigenvalue weighted by atomic mass is 9.95. The number of rotatable bonds is 5. The molecule has 0 spiro atoms. The van der Waals surface area contributed by atoms with Gasteiger partial charge < -0.3 is 9.73 Å². The molecule has 3 heteroatoms. The van der Waals surface area contributed by atoms with Crippen molar-refractivity contribution in [1.29, 1.82) is 0 Å². The molecule has 0 aliphatic carbocycles. The van der Waals surface area contributed by atoms with Crippen LogP contribution in [0.3, 0.4) is 0 Å². The van der Waals surface area contributed by atoms with E-state index >= 15 is 0 Å². The van der Waals surface area contributed by atoms with Crippen LogP contribution in [0.4, 0.5) is 0 Å². The zero-order valence-corrected chi connectivity index (χ0v) is 15.3. The number of nitrogens with one attached hydrogen (secondary N) is 1. The molecule has 0 aliphatic heterocycles. The molecule has 1 aromatic heterocycles. The minimum absolute atomic E-state index is 0.232. The summed E-state index contributed by atoms with van der Waals surface area (Å²) in [6.45, 7) is 9.07. The van der Waals surface area contributed by atoms with Gasteiger partial charge in [-0.25, -0.2) is 4.79 Å². The average molecular weight is 335 g/mol. The van der Waals surface area contributed by atoms with Crippen molar-refractivity contribution in [1.82, 2.24) is 5.32 Å². The van der Waals surface area contributed by atoms with Gasteiger partial charge in [-0.3, -0.25) is 0 Å². The molecule has 0 radical (unpaired) electrons. The molecule has 1 N–H and O–H groups in total. The Bertz CT molecular complexity index is 926. The summed E-state index contributed by atoms with van der Waals surface area (Å²) < 4.78 is 5.47. The second-order valence-corrected chi connectivity index (χ2v) is 6.99. The summed E-state index contributed by atoms with van der Waals surface area (Å²) in [6, 6.07) is 16.4. The summed E-state index contributed by atoms with van der Waals surface area (Å²) in [4.78, 5) is 12.0. The summed E-state index contributed by atoms with van der Waals surface area (Å²) in [6.07, 6.45) is 0. The maximum atomic E-state index is 12.0. The van der Waals surface area contributed by atoms with Gasteiger partial charge in [-0.1, -0.05) is 56.3 Å². The second-order valence-electron chi connectivity index (χ2n) is 6.99. The Labute approximate surface area is 148 Å². The Hall–Kier alpha value is -2.39. The van der Waals surface area contributed by atoms with Crippen LogP contribution in [0.2, 0.25) is 0 Å². The lowest BCUT2D eigenvalue weighted by molar-refractivity contribution is 0.410. The van der Waals surface area contributed by atoms with Gasteiger partial charge in [0.1, 0.15) is 5.58 Å². The van der Waals surface area contributed by atoms with E-state index in [2.05, 4.69) is 49.5 Å². The number of hydrogen-bond donors (Lipinski definition) is 1. The van der Waals surface area contributed by atoms with Gasteiger partial charge >= 0.3 is 5.63 Å². The Balaban J connectivity index is 1.95. The first-order valence-corrected chi connectivity index (χ1v) is 8.78. The van der Waals surface area contributed by atoms with Crippen LogP contribution < -0.4 is 10.9 Å². The van der Waals surface area contributed by atoms with E-state index in [0.29, 0.717) is 18.0 Å². The maximum Gasteiger partial charge on any atom is 0.336 e. The molecular formula is C22H25NO2. The summed E-state index contributed by atoms with van der Waals surface area (Å²) in [5.74, 6) is 0.442. The quantitative estimate of drug-likeness (QED) is 0.675. The fraction of sp³-hybridized carbons (Fsp3) is 0.318. The van der Waals surface area contributed by atoms with E-state index in [1.54, 1.807) is 6.07 Å². The third-order valence-electron chi connectivity index (χ3n) is 4.86. The third kappa shape index (κ3) is 3.67. The average Bonchev–Trinajstić information content (AvgIpc) is 2.59. The summed E-state index contributed by atoms with van der Waals surface area (Å²) in [7, 11) is 0. The molecule has 3 nitrogen and oxygen atoms in total. The summed E-state index contributed by atoms with van der Waals surface area (Å²) in [5, 5.41) is 4.63. The summed E-state index contributed by atoms with van der Waals surface area (Å²) in [5.41, 5.74) is 4.81. The molecule has 130 valence electrons. The van der Waals surface area contributed by atoms with Gasteiger partial charge in [-0.15, -0.1) is 0 Å². The molecule has 2 aromatic carbocycles.